The van der Waals surface area contributed by atoms with Gasteiger partial charge in [-0.05, 0) is 37.8 Å². The van der Waals surface area contributed by atoms with Crippen LogP contribution in [0.1, 0.15) is 40.0 Å². The molecule has 2 aliphatic heterocycles. The first kappa shape index (κ1) is 20.9. The topological polar surface area (TPSA) is 84.9 Å². The molecule has 1 saturated heterocycles. The number of amides is 1. The van der Waals surface area contributed by atoms with Crippen molar-refractivity contribution in [3.05, 3.63) is 18.2 Å². The molecule has 0 saturated carbocycles. The number of carbonyl (C=O) groups is 1. The highest BCUT2D eigenvalue weighted by Crippen LogP contribution is 2.33. The van der Waals surface area contributed by atoms with Crippen LogP contribution in [-0.4, -0.2) is 51.0 Å². The van der Waals surface area contributed by atoms with Crippen molar-refractivity contribution in [2.24, 2.45) is 11.8 Å². The van der Waals surface area contributed by atoms with Gasteiger partial charge in [0.05, 0.1) is 18.1 Å². The van der Waals surface area contributed by atoms with Crippen LogP contribution >= 0.6 is 0 Å². The monoisotopic (exact) mass is 410 g/mol. The van der Waals surface area contributed by atoms with Crippen molar-refractivity contribution in [3.63, 3.8) is 0 Å². The molecule has 8 heteroatoms. The lowest BCUT2D eigenvalue weighted by Crippen LogP contribution is -2.45. The highest BCUT2D eigenvalue weighted by atomic mass is 32.2. The third-order valence-electron chi connectivity index (χ3n) is 5.55. The van der Waals surface area contributed by atoms with E-state index < -0.39 is 10.0 Å². The zero-order valence-electron chi connectivity index (χ0n) is 16.8. The SMILES string of the molecule is CC(C)[C@H](C)NC(=O)C1CCN(S(=O)(=O)c2ccc3c(c2)OCCCO3)CC1. The van der Waals surface area contributed by atoms with Gasteiger partial charge in [0.25, 0.3) is 0 Å². The summed E-state index contributed by atoms with van der Waals surface area (Å²) in [7, 11) is -3.63. The molecule has 2 aliphatic rings. The Morgan fingerprint density at radius 2 is 1.75 bits per heavy atom. The minimum absolute atomic E-state index is 0.0221. The van der Waals surface area contributed by atoms with E-state index in [0.29, 0.717) is 56.6 Å². The Morgan fingerprint density at radius 1 is 1.11 bits per heavy atom. The van der Waals surface area contributed by atoms with E-state index in [2.05, 4.69) is 19.2 Å². The van der Waals surface area contributed by atoms with E-state index in [1.54, 1.807) is 18.2 Å². The minimum Gasteiger partial charge on any atom is -0.490 e. The normalized spacial score (nSPS) is 19.9. The van der Waals surface area contributed by atoms with E-state index in [-0.39, 0.29) is 22.8 Å². The van der Waals surface area contributed by atoms with Crippen LogP contribution in [0.3, 0.4) is 0 Å². The second kappa shape index (κ2) is 8.69. The lowest BCUT2D eigenvalue weighted by molar-refractivity contribution is -0.127. The molecule has 0 radical (unpaired) electrons. The molecule has 0 aliphatic carbocycles. The second-order valence-electron chi connectivity index (χ2n) is 7.88. The number of sulfonamides is 1. The van der Waals surface area contributed by atoms with Gasteiger partial charge in [-0.15, -0.1) is 0 Å². The third kappa shape index (κ3) is 4.60. The van der Waals surface area contributed by atoms with Crippen LogP contribution in [0.2, 0.25) is 0 Å². The number of hydrogen-bond acceptors (Lipinski definition) is 5. The van der Waals surface area contributed by atoms with Gasteiger partial charge in [0.15, 0.2) is 11.5 Å². The van der Waals surface area contributed by atoms with Crippen molar-refractivity contribution in [1.29, 1.82) is 0 Å². The zero-order valence-corrected chi connectivity index (χ0v) is 17.6. The number of ether oxygens (including phenoxy) is 2. The fraction of sp³-hybridized carbons (Fsp3) is 0.650. The maximum Gasteiger partial charge on any atom is 0.243 e. The van der Waals surface area contributed by atoms with Gasteiger partial charge in [-0.3, -0.25) is 4.79 Å². The van der Waals surface area contributed by atoms with Gasteiger partial charge in [0.2, 0.25) is 15.9 Å². The Balaban J connectivity index is 1.65. The van der Waals surface area contributed by atoms with Gasteiger partial charge in [0.1, 0.15) is 0 Å². The molecule has 1 atom stereocenters. The molecule has 0 bridgehead atoms. The summed E-state index contributed by atoms with van der Waals surface area (Å²) >= 11 is 0. The molecule has 7 nitrogen and oxygen atoms in total. The average Bonchev–Trinajstić information content (AvgIpc) is 2.92. The number of nitrogens with zero attached hydrogens (tertiary/aromatic N) is 1. The van der Waals surface area contributed by atoms with Gasteiger partial charge in [-0.1, -0.05) is 13.8 Å². The lowest BCUT2D eigenvalue weighted by Gasteiger charge is -2.31. The predicted molar refractivity (Wildman–Crippen MR) is 106 cm³/mol. The average molecular weight is 411 g/mol. The summed E-state index contributed by atoms with van der Waals surface area (Å²) in [6, 6.07) is 4.86. The number of benzene rings is 1. The standard InChI is InChI=1S/C20H30N2O5S/c1-14(2)15(3)21-20(23)16-7-9-22(10-8-16)28(24,25)17-5-6-18-19(13-17)27-12-4-11-26-18/h5-6,13-16H,4,7-12H2,1-3H3,(H,21,23)/t15-/m0/s1. The molecule has 3 rings (SSSR count). The predicted octanol–water partition coefficient (Wildman–Crippen LogP) is 2.41. The first-order valence-corrected chi connectivity index (χ1v) is 11.4. The van der Waals surface area contributed by atoms with Crippen LogP contribution in [0.25, 0.3) is 0 Å². The van der Waals surface area contributed by atoms with Crippen molar-refractivity contribution < 1.29 is 22.7 Å². The van der Waals surface area contributed by atoms with E-state index in [9.17, 15) is 13.2 Å². The Labute approximate surface area is 167 Å². The smallest absolute Gasteiger partial charge is 0.243 e. The van der Waals surface area contributed by atoms with E-state index in [1.165, 1.54) is 4.31 Å². The molecule has 1 amide bonds. The Kier molecular flexibility index (Phi) is 6.50. The fourth-order valence-electron chi connectivity index (χ4n) is 3.32. The number of nitrogens with one attached hydrogen (secondary N) is 1. The first-order chi connectivity index (χ1) is 13.3. The van der Waals surface area contributed by atoms with Crippen molar-refractivity contribution in [2.45, 2.75) is 51.0 Å². The zero-order chi connectivity index (χ0) is 20.3. The maximum atomic E-state index is 13.0. The molecule has 1 aromatic rings. The summed E-state index contributed by atoms with van der Waals surface area (Å²) in [6.07, 6.45) is 1.82. The van der Waals surface area contributed by atoms with E-state index in [4.69, 9.17) is 9.47 Å². The number of carbonyl (C=O) groups excluding carboxylic acids is 1. The van der Waals surface area contributed by atoms with Gasteiger partial charge in [-0.2, -0.15) is 4.31 Å². The summed E-state index contributed by atoms with van der Waals surface area (Å²) < 4.78 is 38.7. The first-order valence-electron chi connectivity index (χ1n) is 9.99. The molecule has 156 valence electrons. The summed E-state index contributed by atoms with van der Waals surface area (Å²) in [4.78, 5) is 12.6. The van der Waals surface area contributed by atoms with Crippen molar-refractivity contribution in [2.75, 3.05) is 26.3 Å². The quantitative estimate of drug-likeness (QED) is 0.806. The molecule has 0 unspecified atom stereocenters. The molecule has 2 heterocycles. The van der Waals surface area contributed by atoms with Gasteiger partial charge >= 0.3 is 0 Å². The number of fused-ring (bicyclic) bond motifs is 1. The van der Waals surface area contributed by atoms with Crippen molar-refractivity contribution in [1.82, 2.24) is 9.62 Å². The third-order valence-corrected chi connectivity index (χ3v) is 7.45. The number of rotatable bonds is 5. The summed E-state index contributed by atoms with van der Waals surface area (Å²) in [5.74, 6) is 1.29. The van der Waals surface area contributed by atoms with Crippen LogP contribution in [0, 0.1) is 11.8 Å². The van der Waals surface area contributed by atoms with Crippen LogP contribution in [-0.2, 0) is 14.8 Å². The van der Waals surface area contributed by atoms with Gasteiger partial charge in [0, 0.05) is 37.5 Å². The largest absolute Gasteiger partial charge is 0.490 e. The van der Waals surface area contributed by atoms with E-state index in [0.717, 1.165) is 6.42 Å². The molecular formula is C20H30N2O5S. The van der Waals surface area contributed by atoms with E-state index in [1.807, 2.05) is 6.92 Å². The molecule has 28 heavy (non-hydrogen) atoms. The highest BCUT2D eigenvalue weighted by Gasteiger charge is 2.33. The number of hydrogen-bond donors (Lipinski definition) is 1. The Hall–Kier alpha value is -1.80. The number of piperidine rings is 1. The van der Waals surface area contributed by atoms with Crippen molar-refractivity contribution >= 4 is 15.9 Å². The van der Waals surface area contributed by atoms with Crippen LogP contribution < -0.4 is 14.8 Å². The lowest BCUT2D eigenvalue weighted by atomic mass is 9.96. The summed E-state index contributed by atoms with van der Waals surface area (Å²) in [5, 5.41) is 3.04. The Morgan fingerprint density at radius 3 is 2.39 bits per heavy atom. The van der Waals surface area contributed by atoms with E-state index >= 15 is 0 Å². The van der Waals surface area contributed by atoms with Crippen LogP contribution in [0.5, 0.6) is 11.5 Å². The van der Waals surface area contributed by atoms with Crippen LogP contribution in [0.4, 0.5) is 0 Å². The summed E-state index contributed by atoms with van der Waals surface area (Å²) in [6.45, 7) is 7.86. The fourth-order valence-corrected chi connectivity index (χ4v) is 4.81. The minimum atomic E-state index is -3.63. The molecule has 0 spiro atoms. The molecule has 0 aromatic heterocycles. The highest BCUT2D eigenvalue weighted by molar-refractivity contribution is 7.89. The summed E-state index contributed by atoms with van der Waals surface area (Å²) in [5.41, 5.74) is 0. The second-order valence-corrected chi connectivity index (χ2v) is 9.82. The maximum absolute atomic E-state index is 13.0. The van der Waals surface area contributed by atoms with Crippen LogP contribution in [0.15, 0.2) is 23.1 Å². The van der Waals surface area contributed by atoms with Gasteiger partial charge < -0.3 is 14.8 Å². The molecule has 1 fully saturated rings. The Bertz CT molecular complexity index is 801. The molecule has 1 N–H and O–H groups in total. The van der Waals surface area contributed by atoms with Crippen molar-refractivity contribution in [3.8, 4) is 11.5 Å². The molecular weight excluding hydrogens is 380 g/mol. The van der Waals surface area contributed by atoms with Gasteiger partial charge in [-0.25, -0.2) is 8.42 Å². The molecule has 1 aromatic carbocycles.